The van der Waals surface area contributed by atoms with Gasteiger partial charge in [0.05, 0.1) is 5.54 Å². The Morgan fingerprint density at radius 3 is 2.57 bits per heavy atom. The molecule has 78 valence electrons. The molecule has 0 atom stereocenters. The van der Waals surface area contributed by atoms with E-state index in [2.05, 4.69) is 5.92 Å². The number of ketones is 1. The van der Waals surface area contributed by atoms with Gasteiger partial charge in [-0.15, -0.1) is 12.3 Å². The highest BCUT2D eigenvalue weighted by Gasteiger charge is 2.33. The zero-order chi connectivity index (χ0) is 10.4. The fraction of sp³-hybridized carbons (Fsp3) is 0.750. The molecule has 1 aliphatic carbocycles. The van der Waals surface area contributed by atoms with Crippen LogP contribution in [0.1, 0.15) is 51.4 Å². The monoisotopic (exact) mass is 193 g/mol. The number of nitrogens with two attached hydrogens (primary N) is 1. The summed E-state index contributed by atoms with van der Waals surface area (Å²) >= 11 is 0. The van der Waals surface area contributed by atoms with Crippen LogP contribution in [0.2, 0.25) is 0 Å². The second-order valence-electron chi connectivity index (χ2n) is 4.20. The average molecular weight is 193 g/mol. The van der Waals surface area contributed by atoms with E-state index >= 15 is 0 Å². The van der Waals surface area contributed by atoms with Crippen molar-refractivity contribution in [2.75, 3.05) is 0 Å². The van der Waals surface area contributed by atoms with Gasteiger partial charge in [0.25, 0.3) is 0 Å². The van der Waals surface area contributed by atoms with Crippen LogP contribution in [-0.2, 0) is 4.79 Å². The molecule has 1 fully saturated rings. The predicted molar refractivity (Wildman–Crippen MR) is 57.7 cm³/mol. The quantitative estimate of drug-likeness (QED) is 0.548. The fourth-order valence-electron chi connectivity index (χ4n) is 2.06. The van der Waals surface area contributed by atoms with Crippen LogP contribution in [0.25, 0.3) is 0 Å². The number of Topliss-reactive ketones (excluding diaryl/α,β-unsaturated/α-hetero) is 1. The molecule has 0 aliphatic heterocycles. The van der Waals surface area contributed by atoms with Crippen molar-refractivity contribution >= 4 is 5.78 Å². The highest BCUT2D eigenvalue weighted by Crippen LogP contribution is 2.27. The van der Waals surface area contributed by atoms with Gasteiger partial charge >= 0.3 is 0 Å². The van der Waals surface area contributed by atoms with Crippen molar-refractivity contribution in [1.82, 2.24) is 0 Å². The third kappa shape index (κ3) is 2.85. The van der Waals surface area contributed by atoms with Crippen LogP contribution in [0.3, 0.4) is 0 Å². The minimum Gasteiger partial charge on any atom is -0.319 e. The van der Waals surface area contributed by atoms with Crippen LogP contribution < -0.4 is 5.73 Å². The van der Waals surface area contributed by atoms with E-state index < -0.39 is 5.54 Å². The first-order valence-electron chi connectivity index (χ1n) is 5.45. The van der Waals surface area contributed by atoms with E-state index in [1.807, 2.05) is 0 Å². The fourth-order valence-corrected chi connectivity index (χ4v) is 2.06. The summed E-state index contributed by atoms with van der Waals surface area (Å²) in [4.78, 5) is 11.8. The Labute approximate surface area is 86.2 Å². The van der Waals surface area contributed by atoms with Crippen molar-refractivity contribution in [2.24, 2.45) is 5.73 Å². The van der Waals surface area contributed by atoms with Crippen LogP contribution in [-0.4, -0.2) is 11.3 Å². The smallest absolute Gasteiger partial charge is 0.152 e. The molecule has 2 N–H and O–H groups in total. The lowest BCUT2D eigenvalue weighted by atomic mass is 9.78. The van der Waals surface area contributed by atoms with Crippen molar-refractivity contribution in [3.63, 3.8) is 0 Å². The topological polar surface area (TPSA) is 43.1 Å². The summed E-state index contributed by atoms with van der Waals surface area (Å²) in [6.45, 7) is 0. The summed E-state index contributed by atoms with van der Waals surface area (Å²) < 4.78 is 0. The highest BCUT2D eigenvalue weighted by molar-refractivity contribution is 5.88. The molecule has 1 aliphatic rings. The number of carbonyl (C=O) groups excluding carboxylic acids is 1. The van der Waals surface area contributed by atoms with Gasteiger partial charge in [0.15, 0.2) is 5.78 Å². The molecule has 0 heterocycles. The van der Waals surface area contributed by atoms with Crippen molar-refractivity contribution in [3.05, 3.63) is 0 Å². The van der Waals surface area contributed by atoms with Gasteiger partial charge < -0.3 is 5.73 Å². The van der Waals surface area contributed by atoms with E-state index in [4.69, 9.17) is 12.2 Å². The Balaban J connectivity index is 2.38. The van der Waals surface area contributed by atoms with Gasteiger partial charge in [-0.05, 0) is 19.3 Å². The van der Waals surface area contributed by atoms with Crippen molar-refractivity contribution < 1.29 is 4.79 Å². The van der Waals surface area contributed by atoms with Crippen molar-refractivity contribution in [2.45, 2.75) is 56.9 Å². The number of rotatable bonds is 4. The molecule has 0 spiro atoms. The Bertz CT molecular complexity index is 233. The zero-order valence-electron chi connectivity index (χ0n) is 8.72. The minimum absolute atomic E-state index is 0.215. The summed E-state index contributed by atoms with van der Waals surface area (Å²) in [5.74, 6) is 2.76. The van der Waals surface area contributed by atoms with E-state index in [0.717, 1.165) is 32.1 Å². The third-order valence-electron chi connectivity index (χ3n) is 3.03. The van der Waals surface area contributed by atoms with Gasteiger partial charge in [0.1, 0.15) is 0 Å². The molecule has 0 aromatic carbocycles. The van der Waals surface area contributed by atoms with Gasteiger partial charge in [-0.25, -0.2) is 0 Å². The lowest BCUT2D eigenvalue weighted by Crippen LogP contribution is -2.49. The molecule has 0 saturated heterocycles. The van der Waals surface area contributed by atoms with Gasteiger partial charge in [-0.2, -0.15) is 0 Å². The molecule has 0 aromatic rings. The average Bonchev–Trinajstić information content (AvgIpc) is 2.19. The number of hydrogen-bond acceptors (Lipinski definition) is 2. The van der Waals surface area contributed by atoms with Gasteiger partial charge in [0, 0.05) is 12.8 Å². The Morgan fingerprint density at radius 1 is 1.36 bits per heavy atom. The van der Waals surface area contributed by atoms with E-state index in [9.17, 15) is 4.79 Å². The molecule has 2 heteroatoms. The van der Waals surface area contributed by atoms with E-state index in [0.29, 0.717) is 12.8 Å². The molecule has 1 rings (SSSR count). The molecule has 0 bridgehead atoms. The number of terminal acetylenes is 1. The normalized spacial score (nSPS) is 20.0. The first-order chi connectivity index (χ1) is 6.69. The first-order valence-corrected chi connectivity index (χ1v) is 5.45. The molecular formula is C12H19NO. The predicted octanol–water partition coefficient (Wildman–Crippen LogP) is 2.02. The number of unbranched alkanes of at least 4 members (excludes halogenated alkanes) is 1. The lowest BCUT2D eigenvalue weighted by Gasteiger charge is -2.31. The van der Waals surface area contributed by atoms with Crippen LogP contribution in [0.15, 0.2) is 0 Å². The van der Waals surface area contributed by atoms with Crippen molar-refractivity contribution in [3.8, 4) is 12.3 Å². The summed E-state index contributed by atoms with van der Waals surface area (Å²) in [6.07, 6.45) is 12.3. The molecule has 2 nitrogen and oxygen atoms in total. The summed E-state index contributed by atoms with van der Waals surface area (Å²) in [7, 11) is 0. The van der Waals surface area contributed by atoms with Crippen LogP contribution >= 0.6 is 0 Å². The Hall–Kier alpha value is -0.810. The molecule has 14 heavy (non-hydrogen) atoms. The Morgan fingerprint density at radius 2 is 2.00 bits per heavy atom. The first kappa shape index (κ1) is 11.3. The molecule has 0 unspecified atom stereocenters. The standard InChI is InChI=1S/C12H19NO/c1-2-3-5-8-11(14)12(13)9-6-4-7-10-12/h1H,3-10,13H2. The van der Waals surface area contributed by atoms with E-state index in [1.54, 1.807) is 0 Å². The summed E-state index contributed by atoms with van der Waals surface area (Å²) in [5.41, 5.74) is 5.56. The van der Waals surface area contributed by atoms with E-state index in [1.165, 1.54) is 6.42 Å². The van der Waals surface area contributed by atoms with Crippen LogP contribution in [0.4, 0.5) is 0 Å². The SMILES string of the molecule is C#CCCCC(=O)C1(N)CCCCC1. The van der Waals surface area contributed by atoms with Crippen LogP contribution in [0, 0.1) is 12.3 Å². The lowest BCUT2D eigenvalue weighted by molar-refractivity contribution is -0.125. The molecular weight excluding hydrogens is 174 g/mol. The van der Waals surface area contributed by atoms with Gasteiger partial charge in [-0.3, -0.25) is 4.79 Å². The maximum atomic E-state index is 11.8. The second-order valence-corrected chi connectivity index (χ2v) is 4.20. The maximum Gasteiger partial charge on any atom is 0.152 e. The summed E-state index contributed by atoms with van der Waals surface area (Å²) in [6, 6.07) is 0. The Kier molecular flexibility index (Phi) is 4.16. The molecule has 1 saturated carbocycles. The zero-order valence-corrected chi connectivity index (χ0v) is 8.72. The van der Waals surface area contributed by atoms with Gasteiger partial charge in [-0.1, -0.05) is 19.3 Å². The molecule has 0 amide bonds. The number of carbonyl (C=O) groups is 1. The van der Waals surface area contributed by atoms with Gasteiger partial charge in [0.2, 0.25) is 0 Å². The van der Waals surface area contributed by atoms with Crippen molar-refractivity contribution in [1.29, 1.82) is 0 Å². The maximum absolute atomic E-state index is 11.8. The number of hydrogen-bond donors (Lipinski definition) is 1. The summed E-state index contributed by atoms with van der Waals surface area (Å²) in [5, 5.41) is 0. The second kappa shape index (κ2) is 5.17. The largest absolute Gasteiger partial charge is 0.319 e. The highest BCUT2D eigenvalue weighted by atomic mass is 16.1. The third-order valence-corrected chi connectivity index (χ3v) is 3.03. The minimum atomic E-state index is -0.521. The molecule has 0 radical (unpaired) electrons. The van der Waals surface area contributed by atoms with Crippen LogP contribution in [0.5, 0.6) is 0 Å². The van der Waals surface area contributed by atoms with E-state index in [-0.39, 0.29) is 5.78 Å². The molecule has 0 aromatic heterocycles.